The van der Waals surface area contributed by atoms with Crippen LogP contribution in [0.5, 0.6) is 0 Å². The van der Waals surface area contributed by atoms with E-state index in [0.717, 1.165) is 5.56 Å². The SMILES string of the molecule is O=C=Nc1cc(N=C=O)c(C=Cc2ccccc2)c(N=C=O)c1. The Bertz CT molecular complexity index is 846. The van der Waals surface area contributed by atoms with Crippen molar-refractivity contribution < 1.29 is 14.4 Å². The molecule has 6 nitrogen and oxygen atoms in total. The molecule has 0 saturated carbocycles. The van der Waals surface area contributed by atoms with Gasteiger partial charge in [-0.05, 0) is 23.8 Å². The van der Waals surface area contributed by atoms with Crippen molar-refractivity contribution in [1.82, 2.24) is 0 Å². The molecule has 0 bridgehead atoms. The maximum Gasteiger partial charge on any atom is 0.240 e. The first-order valence-corrected chi connectivity index (χ1v) is 6.43. The van der Waals surface area contributed by atoms with Crippen molar-refractivity contribution in [3.05, 3.63) is 53.6 Å². The Labute approximate surface area is 131 Å². The van der Waals surface area contributed by atoms with Gasteiger partial charge in [0, 0.05) is 5.56 Å². The molecule has 0 spiro atoms. The summed E-state index contributed by atoms with van der Waals surface area (Å²) >= 11 is 0. The monoisotopic (exact) mass is 303 g/mol. The van der Waals surface area contributed by atoms with E-state index in [1.165, 1.54) is 30.4 Å². The average Bonchev–Trinajstić information content (AvgIpc) is 2.56. The van der Waals surface area contributed by atoms with Crippen LogP contribution in [-0.2, 0) is 14.4 Å². The van der Waals surface area contributed by atoms with Gasteiger partial charge in [-0.2, -0.15) is 15.0 Å². The average molecular weight is 303 g/mol. The molecule has 0 unspecified atom stereocenters. The Morgan fingerprint density at radius 1 is 0.739 bits per heavy atom. The Kier molecular flexibility index (Phi) is 5.42. The second-order valence-electron chi connectivity index (χ2n) is 4.25. The van der Waals surface area contributed by atoms with Crippen LogP contribution in [0.2, 0.25) is 0 Å². The van der Waals surface area contributed by atoms with Gasteiger partial charge in [0.15, 0.2) is 0 Å². The van der Waals surface area contributed by atoms with Crippen molar-refractivity contribution in [3.8, 4) is 0 Å². The molecule has 110 valence electrons. The van der Waals surface area contributed by atoms with Gasteiger partial charge in [0.05, 0.1) is 17.1 Å². The predicted molar refractivity (Wildman–Crippen MR) is 85.2 cm³/mol. The lowest BCUT2D eigenvalue weighted by Gasteiger charge is -2.04. The van der Waals surface area contributed by atoms with E-state index < -0.39 is 0 Å². The zero-order valence-electron chi connectivity index (χ0n) is 11.8. The van der Waals surface area contributed by atoms with Crippen molar-refractivity contribution >= 4 is 47.5 Å². The lowest BCUT2D eigenvalue weighted by atomic mass is 10.1. The van der Waals surface area contributed by atoms with Crippen LogP contribution < -0.4 is 0 Å². The van der Waals surface area contributed by atoms with E-state index in [1.54, 1.807) is 12.2 Å². The fourth-order valence-corrected chi connectivity index (χ4v) is 1.92. The summed E-state index contributed by atoms with van der Waals surface area (Å²) < 4.78 is 0. The third-order valence-electron chi connectivity index (χ3n) is 2.87. The van der Waals surface area contributed by atoms with Crippen LogP contribution in [0.25, 0.3) is 12.2 Å². The fraction of sp³-hybridized carbons (Fsp3) is 0. The van der Waals surface area contributed by atoms with E-state index in [1.807, 2.05) is 30.3 Å². The number of benzene rings is 2. The Balaban J connectivity index is 2.63. The number of hydrogen-bond acceptors (Lipinski definition) is 6. The molecule has 0 atom stereocenters. The Morgan fingerprint density at radius 2 is 1.30 bits per heavy atom. The molecule has 0 aliphatic carbocycles. The third-order valence-corrected chi connectivity index (χ3v) is 2.87. The van der Waals surface area contributed by atoms with Crippen molar-refractivity contribution in [2.24, 2.45) is 15.0 Å². The molecule has 2 rings (SSSR count). The minimum absolute atomic E-state index is 0.167. The van der Waals surface area contributed by atoms with Crippen molar-refractivity contribution in [2.75, 3.05) is 0 Å². The second-order valence-corrected chi connectivity index (χ2v) is 4.25. The van der Waals surface area contributed by atoms with Crippen LogP contribution in [0.4, 0.5) is 17.1 Å². The lowest BCUT2D eigenvalue weighted by Crippen LogP contribution is -1.79. The van der Waals surface area contributed by atoms with Crippen LogP contribution >= 0.6 is 0 Å². The molecule has 0 amide bonds. The number of isocyanates is 3. The molecule has 6 heteroatoms. The predicted octanol–water partition coefficient (Wildman–Crippen LogP) is 3.76. The molecular formula is C17H9N3O3. The lowest BCUT2D eigenvalue weighted by molar-refractivity contribution is 0.565. The zero-order valence-corrected chi connectivity index (χ0v) is 11.8. The fourth-order valence-electron chi connectivity index (χ4n) is 1.92. The molecule has 0 aliphatic rings. The molecule has 0 heterocycles. The molecule has 2 aromatic rings. The number of carbonyl (C=O) groups excluding carboxylic acids is 3. The van der Waals surface area contributed by atoms with E-state index in [0.29, 0.717) is 5.56 Å². The Morgan fingerprint density at radius 3 is 1.83 bits per heavy atom. The van der Waals surface area contributed by atoms with Gasteiger partial charge in [-0.25, -0.2) is 14.4 Å². The normalized spacial score (nSPS) is 9.57. The quantitative estimate of drug-likeness (QED) is 0.478. The summed E-state index contributed by atoms with van der Waals surface area (Å²) in [6, 6.07) is 12.2. The highest BCUT2D eigenvalue weighted by molar-refractivity contribution is 5.86. The molecular weight excluding hydrogens is 294 g/mol. The highest BCUT2D eigenvalue weighted by Crippen LogP contribution is 2.35. The van der Waals surface area contributed by atoms with Crippen LogP contribution in [0.1, 0.15) is 11.1 Å². The summed E-state index contributed by atoms with van der Waals surface area (Å²) in [5.74, 6) is 0. The minimum atomic E-state index is 0.167. The first kappa shape index (κ1) is 15.7. The Hall–Kier alpha value is -3.68. The smallest absolute Gasteiger partial charge is 0.211 e. The third kappa shape index (κ3) is 4.14. The molecule has 0 N–H and O–H groups in total. The summed E-state index contributed by atoms with van der Waals surface area (Å²) in [5, 5.41) is 0. The first-order chi connectivity index (χ1) is 11.3. The highest BCUT2D eigenvalue weighted by atomic mass is 16.1. The van der Waals surface area contributed by atoms with E-state index in [4.69, 9.17) is 0 Å². The maximum atomic E-state index is 10.6. The van der Waals surface area contributed by atoms with Crippen LogP contribution in [-0.4, -0.2) is 18.2 Å². The van der Waals surface area contributed by atoms with E-state index >= 15 is 0 Å². The summed E-state index contributed by atoms with van der Waals surface area (Å²) in [6.07, 6.45) is 7.64. The van der Waals surface area contributed by atoms with Crippen LogP contribution in [0, 0.1) is 0 Å². The van der Waals surface area contributed by atoms with Crippen molar-refractivity contribution in [2.45, 2.75) is 0 Å². The van der Waals surface area contributed by atoms with Gasteiger partial charge < -0.3 is 0 Å². The molecule has 0 fully saturated rings. The van der Waals surface area contributed by atoms with Gasteiger partial charge in [0.1, 0.15) is 0 Å². The van der Waals surface area contributed by atoms with Crippen LogP contribution in [0.15, 0.2) is 57.4 Å². The zero-order chi connectivity index (χ0) is 16.5. The molecule has 0 radical (unpaired) electrons. The molecule has 0 saturated heterocycles. The van der Waals surface area contributed by atoms with Gasteiger partial charge in [0.2, 0.25) is 18.2 Å². The number of aliphatic imine (C=N–C) groups is 3. The van der Waals surface area contributed by atoms with Gasteiger partial charge in [-0.3, -0.25) is 0 Å². The number of nitrogens with zero attached hydrogens (tertiary/aromatic N) is 3. The van der Waals surface area contributed by atoms with Gasteiger partial charge >= 0.3 is 0 Å². The van der Waals surface area contributed by atoms with E-state index in [2.05, 4.69) is 15.0 Å². The largest absolute Gasteiger partial charge is 0.240 e. The molecule has 0 aliphatic heterocycles. The summed E-state index contributed by atoms with van der Waals surface area (Å²) in [6.45, 7) is 0. The number of hydrogen-bond donors (Lipinski definition) is 0. The van der Waals surface area contributed by atoms with Gasteiger partial charge in [-0.1, -0.05) is 36.4 Å². The second kappa shape index (κ2) is 7.93. The van der Waals surface area contributed by atoms with Crippen molar-refractivity contribution in [1.29, 1.82) is 0 Å². The van der Waals surface area contributed by atoms with Crippen LogP contribution in [0.3, 0.4) is 0 Å². The first-order valence-electron chi connectivity index (χ1n) is 6.43. The summed E-state index contributed by atoms with van der Waals surface area (Å²) in [7, 11) is 0. The highest BCUT2D eigenvalue weighted by Gasteiger charge is 2.08. The summed E-state index contributed by atoms with van der Waals surface area (Å²) in [4.78, 5) is 42.2. The molecule has 23 heavy (non-hydrogen) atoms. The minimum Gasteiger partial charge on any atom is -0.211 e. The van der Waals surface area contributed by atoms with Crippen molar-refractivity contribution in [3.63, 3.8) is 0 Å². The van der Waals surface area contributed by atoms with Gasteiger partial charge in [-0.15, -0.1) is 0 Å². The van der Waals surface area contributed by atoms with E-state index in [9.17, 15) is 14.4 Å². The topological polar surface area (TPSA) is 88.3 Å². The van der Waals surface area contributed by atoms with Gasteiger partial charge in [0.25, 0.3) is 0 Å². The molecule has 0 aromatic heterocycles. The van der Waals surface area contributed by atoms with E-state index in [-0.39, 0.29) is 17.1 Å². The summed E-state index contributed by atoms with van der Waals surface area (Å²) in [5.41, 5.74) is 1.84. The number of rotatable bonds is 5. The standard InChI is InChI=1S/C17H9N3O3/c21-10-18-14-8-16(19-11-22)15(17(9-14)20-12-23)7-6-13-4-2-1-3-5-13/h1-9H. The maximum absolute atomic E-state index is 10.6. The molecule has 2 aromatic carbocycles.